The van der Waals surface area contributed by atoms with Crippen molar-refractivity contribution in [3.8, 4) is 5.75 Å². The summed E-state index contributed by atoms with van der Waals surface area (Å²) in [6, 6.07) is 7.93. The standard InChI is InChI=1S/C16H19N3O2S/c1-11-14(22-19-18-11)15(20)17-16(9-5-6-10-16)12-7-3-4-8-13(12)21-2/h3-4,7-8H,5-6,9-10H2,1-2H3,(H,17,20). The molecule has 0 aliphatic heterocycles. The first-order valence-corrected chi connectivity index (χ1v) is 8.18. The van der Waals surface area contributed by atoms with E-state index in [1.54, 1.807) is 7.11 Å². The van der Waals surface area contributed by atoms with Gasteiger partial charge in [0.1, 0.15) is 10.6 Å². The third kappa shape index (κ3) is 2.59. The number of benzene rings is 1. The number of methoxy groups -OCH3 is 1. The molecule has 1 N–H and O–H groups in total. The van der Waals surface area contributed by atoms with Crippen molar-refractivity contribution in [2.45, 2.75) is 38.1 Å². The summed E-state index contributed by atoms with van der Waals surface area (Å²) in [4.78, 5) is 13.2. The molecule has 2 aromatic rings. The maximum absolute atomic E-state index is 12.6. The molecule has 1 aliphatic carbocycles. The van der Waals surface area contributed by atoms with Gasteiger partial charge in [0, 0.05) is 5.56 Å². The minimum atomic E-state index is -0.361. The number of nitrogens with zero attached hydrogens (tertiary/aromatic N) is 2. The van der Waals surface area contributed by atoms with E-state index in [0.717, 1.165) is 48.5 Å². The van der Waals surface area contributed by atoms with E-state index in [2.05, 4.69) is 14.9 Å². The van der Waals surface area contributed by atoms with Gasteiger partial charge < -0.3 is 10.1 Å². The van der Waals surface area contributed by atoms with Crippen molar-refractivity contribution in [2.24, 2.45) is 0 Å². The molecule has 1 heterocycles. The predicted molar refractivity (Wildman–Crippen MR) is 85.3 cm³/mol. The Morgan fingerprint density at radius 2 is 2.05 bits per heavy atom. The summed E-state index contributed by atoms with van der Waals surface area (Å²) in [5.74, 6) is 0.726. The maximum atomic E-state index is 12.6. The molecule has 6 heteroatoms. The van der Waals surface area contributed by atoms with Gasteiger partial charge in [-0.1, -0.05) is 35.5 Å². The molecule has 3 rings (SSSR count). The smallest absolute Gasteiger partial charge is 0.265 e. The lowest BCUT2D eigenvalue weighted by Crippen LogP contribution is -2.44. The molecule has 5 nitrogen and oxygen atoms in total. The first kappa shape index (κ1) is 15.0. The molecule has 0 spiro atoms. The van der Waals surface area contributed by atoms with Crippen molar-refractivity contribution in [1.82, 2.24) is 14.9 Å². The van der Waals surface area contributed by atoms with Gasteiger partial charge in [-0.15, -0.1) is 5.10 Å². The Hall–Kier alpha value is -1.95. The monoisotopic (exact) mass is 317 g/mol. The average Bonchev–Trinajstić information content (AvgIpc) is 3.17. The quantitative estimate of drug-likeness (QED) is 0.941. The van der Waals surface area contributed by atoms with Crippen molar-refractivity contribution >= 4 is 17.4 Å². The summed E-state index contributed by atoms with van der Waals surface area (Å²) in [5.41, 5.74) is 1.37. The molecule has 1 aromatic heterocycles. The van der Waals surface area contributed by atoms with Crippen LogP contribution in [0.1, 0.15) is 46.6 Å². The van der Waals surface area contributed by atoms with Crippen molar-refractivity contribution in [3.05, 3.63) is 40.4 Å². The number of aryl methyl sites for hydroxylation is 1. The molecule has 1 aromatic carbocycles. The van der Waals surface area contributed by atoms with E-state index in [4.69, 9.17) is 4.74 Å². The Labute approximate surface area is 133 Å². The average molecular weight is 317 g/mol. The number of hydrogen-bond acceptors (Lipinski definition) is 5. The van der Waals surface area contributed by atoms with Gasteiger partial charge in [0.15, 0.2) is 0 Å². The highest BCUT2D eigenvalue weighted by molar-refractivity contribution is 7.08. The molecule has 0 radical (unpaired) electrons. The molecule has 1 aliphatic rings. The van der Waals surface area contributed by atoms with Crippen LogP contribution in [-0.2, 0) is 5.54 Å². The Morgan fingerprint density at radius 3 is 2.68 bits per heavy atom. The van der Waals surface area contributed by atoms with E-state index in [9.17, 15) is 4.79 Å². The van der Waals surface area contributed by atoms with Crippen molar-refractivity contribution < 1.29 is 9.53 Å². The van der Waals surface area contributed by atoms with Gasteiger partial charge in [0.25, 0.3) is 5.91 Å². The lowest BCUT2D eigenvalue weighted by atomic mass is 9.87. The molecule has 0 saturated heterocycles. The van der Waals surface area contributed by atoms with Gasteiger partial charge >= 0.3 is 0 Å². The first-order chi connectivity index (χ1) is 10.7. The number of nitrogens with one attached hydrogen (secondary N) is 1. The first-order valence-electron chi connectivity index (χ1n) is 7.41. The zero-order valence-electron chi connectivity index (χ0n) is 12.8. The number of para-hydroxylation sites is 1. The van der Waals surface area contributed by atoms with Gasteiger partial charge in [-0.3, -0.25) is 4.79 Å². The Morgan fingerprint density at radius 1 is 1.32 bits per heavy atom. The molecule has 0 atom stereocenters. The summed E-state index contributed by atoms with van der Waals surface area (Å²) < 4.78 is 9.36. The summed E-state index contributed by atoms with van der Waals surface area (Å²) in [5, 5.41) is 7.16. The lowest BCUT2D eigenvalue weighted by Gasteiger charge is -2.32. The van der Waals surface area contributed by atoms with Gasteiger partial charge in [-0.25, -0.2) is 0 Å². The molecule has 1 amide bonds. The Bertz CT molecular complexity index is 678. The second-order valence-corrected chi connectivity index (χ2v) is 6.39. The summed E-state index contributed by atoms with van der Waals surface area (Å²) in [7, 11) is 1.67. The van der Waals surface area contributed by atoms with Crippen LogP contribution >= 0.6 is 11.5 Å². The number of ether oxygens (including phenoxy) is 1. The number of carbonyl (C=O) groups is 1. The second kappa shape index (κ2) is 6.04. The van der Waals surface area contributed by atoms with Crippen molar-refractivity contribution in [1.29, 1.82) is 0 Å². The number of rotatable bonds is 4. The minimum Gasteiger partial charge on any atom is -0.496 e. The zero-order valence-corrected chi connectivity index (χ0v) is 13.6. The van der Waals surface area contributed by atoms with E-state index in [0.29, 0.717) is 10.6 Å². The normalized spacial score (nSPS) is 16.5. The van der Waals surface area contributed by atoms with E-state index < -0.39 is 0 Å². The van der Waals surface area contributed by atoms with E-state index in [-0.39, 0.29) is 11.4 Å². The minimum absolute atomic E-state index is 0.0969. The van der Waals surface area contributed by atoms with Gasteiger partial charge in [-0.05, 0) is 37.4 Å². The number of aromatic nitrogens is 2. The highest BCUT2D eigenvalue weighted by Crippen LogP contribution is 2.42. The Kier molecular flexibility index (Phi) is 4.11. The van der Waals surface area contributed by atoms with Crippen LogP contribution in [0.15, 0.2) is 24.3 Å². The highest BCUT2D eigenvalue weighted by Gasteiger charge is 2.39. The van der Waals surface area contributed by atoms with Crippen LogP contribution in [0, 0.1) is 6.92 Å². The molecule has 0 unspecified atom stereocenters. The van der Waals surface area contributed by atoms with Crippen LogP contribution in [-0.4, -0.2) is 22.6 Å². The van der Waals surface area contributed by atoms with Crippen LogP contribution in [0.2, 0.25) is 0 Å². The van der Waals surface area contributed by atoms with Crippen molar-refractivity contribution in [3.63, 3.8) is 0 Å². The molecule has 1 saturated carbocycles. The van der Waals surface area contributed by atoms with Gasteiger partial charge in [-0.2, -0.15) is 0 Å². The van der Waals surface area contributed by atoms with Crippen LogP contribution in [0.4, 0.5) is 0 Å². The van der Waals surface area contributed by atoms with Crippen LogP contribution in [0.3, 0.4) is 0 Å². The fourth-order valence-corrected chi connectivity index (χ4v) is 3.75. The van der Waals surface area contributed by atoms with Crippen LogP contribution in [0.5, 0.6) is 5.75 Å². The third-order valence-corrected chi connectivity index (χ3v) is 5.12. The number of hydrogen-bond donors (Lipinski definition) is 1. The SMILES string of the molecule is COc1ccccc1C1(NC(=O)c2snnc2C)CCCC1. The van der Waals surface area contributed by atoms with Crippen LogP contribution < -0.4 is 10.1 Å². The molecule has 116 valence electrons. The third-order valence-electron chi connectivity index (χ3n) is 4.29. The number of carbonyl (C=O) groups excluding carboxylic acids is 1. The van der Waals surface area contributed by atoms with Crippen LogP contribution in [0.25, 0.3) is 0 Å². The molecular formula is C16H19N3O2S. The Balaban J connectivity index is 1.96. The molecule has 22 heavy (non-hydrogen) atoms. The maximum Gasteiger partial charge on any atom is 0.265 e. The summed E-state index contributed by atoms with van der Waals surface area (Å²) in [6.45, 7) is 1.81. The molecular weight excluding hydrogens is 298 g/mol. The van der Waals surface area contributed by atoms with Crippen molar-refractivity contribution in [2.75, 3.05) is 7.11 Å². The fourth-order valence-electron chi connectivity index (χ4n) is 3.19. The molecule has 0 bridgehead atoms. The van der Waals surface area contributed by atoms with Gasteiger partial charge in [0.05, 0.1) is 18.3 Å². The van der Waals surface area contributed by atoms with E-state index in [1.165, 1.54) is 0 Å². The second-order valence-electron chi connectivity index (χ2n) is 5.63. The topological polar surface area (TPSA) is 64.1 Å². The largest absolute Gasteiger partial charge is 0.496 e. The van der Waals surface area contributed by atoms with Gasteiger partial charge in [0.2, 0.25) is 0 Å². The highest BCUT2D eigenvalue weighted by atomic mass is 32.1. The number of amides is 1. The molecule has 1 fully saturated rings. The zero-order chi connectivity index (χ0) is 15.6. The summed E-state index contributed by atoms with van der Waals surface area (Å²) >= 11 is 1.14. The lowest BCUT2D eigenvalue weighted by molar-refractivity contribution is 0.0900. The predicted octanol–water partition coefficient (Wildman–Crippen LogP) is 3.05. The van der Waals surface area contributed by atoms with E-state index >= 15 is 0 Å². The fraction of sp³-hybridized carbons (Fsp3) is 0.438. The summed E-state index contributed by atoms with van der Waals surface area (Å²) in [6.07, 6.45) is 4.03. The van der Waals surface area contributed by atoms with E-state index in [1.807, 2.05) is 31.2 Å².